The van der Waals surface area contributed by atoms with Gasteiger partial charge in [0.15, 0.2) is 0 Å². The van der Waals surface area contributed by atoms with Crippen molar-refractivity contribution in [2.75, 3.05) is 0 Å². The summed E-state index contributed by atoms with van der Waals surface area (Å²) in [6.45, 7) is 0.391. The number of hydrogen-bond donors (Lipinski definition) is 1. The number of carbonyl (C=O) groups excluding carboxylic acids is 1. The van der Waals surface area contributed by atoms with E-state index in [0.29, 0.717) is 31.0 Å². The van der Waals surface area contributed by atoms with Crippen molar-refractivity contribution in [3.05, 3.63) is 88.8 Å². The van der Waals surface area contributed by atoms with Crippen LogP contribution in [0.5, 0.6) is 11.6 Å². The van der Waals surface area contributed by atoms with Gasteiger partial charge in [-0.15, -0.1) is 0 Å². The molecule has 0 radical (unpaired) electrons. The minimum Gasteiger partial charge on any atom is -0.439 e. The first kappa shape index (κ1) is 18.9. The molecule has 2 aromatic carbocycles. The fourth-order valence-corrected chi connectivity index (χ4v) is 2.69. The number of benzene rings is 2. The van der Waals surface area contributed by atoms with Crippen molar-refractivity contribution >= 4 is 17.5 Å². The highest BCUT2D eigenvalue weighted by molar-refractivity contribution is 6.30. The fraction of sp³-hybridized carbons (Fsp3) is 0.143. The zero-order chi connectivity index (χ0) is 19.1. The van der Waals surface area contributed by atoms with Crippen molar-refractivity contribution in [2.45, 2.75) is 19.4 Å². The largest absolute Gasteiger partial charge is 0.439 e. The SMILES string of the molecule is O=C(CCc1ccc(F)c(Cl)c1)NCc1cccc(Oc2ccccn2)c1. The van der Waals surface area contributed by atoms with Crippen molar-refractivity contribution in [1.82, 2.24) is 10.3 Å². The molecule has 27 heavy (non-hydrogen) atoms. The van der Waals surface area contributed by atoms with Crippen LogP contribution in [0.1, 0.15) is 17.5 Å². The number of halogens is 2. The minimum absolute atomic E-state index is 0.0672. The molecular formula is C21H18ClFN2O2. The van der Waals surface area contributed by atoms with Gasteiger partial charge in [-0.3, -0.25) is 4.79 Å². The van der Waals surface area contributed by atoms with Crippen molar-refractivity contribution in [3.8, 4) is 11.6 Å². The van der Waals surface area contributed by atoms with E-state index in [2.05, 4.69) is 10.3 Å². The average Bonchev–Trinajstić information content (AvgIpc) is 2.68. The Kier molecular flexibility index (Phi) is 6.39. The summed E-state index contributed by atoms with van der Waals surface area (Å²) in [5, 5.41) is 2.94. The number of carbonyl (C=O) groups is 1. The third kappa shape index (κ3) is 5.79. The van der Waals surface area contributed by atoms with Gasteiger partial charge in [-0.25, -0.2) is 9.37 Å². The van der Waals surface area contributed by atoms with Crippen LogP contribution in [0.15, 0.2) is 66.9 Å². The molecule has 0 spiro atoms. The number of nitrogens with zero attached hydrogens (tertiary/aromatic N) is 1. The molecule has 0 saturated heterocycles. The molecule has 6 heteroatoms. The summed E-state index contributed by atoms with van der Waals surface area (Å²) in [5.41, 5.74) is 1.74. The molecule has 0 aliphatic rings. The lowest BCUT2D eigenvalue weighted by Crippen LogP contribution is -2.23. The molecule has 0 aliphatic heterocycles. The van der Waals surface area contributed by atoms with E-state index in [1.807, 2.05) is 36.4 Å². The van der Waals surface area contributed by atoms with Gasteiger partial charge in [0.05, 0.1) is 5.02 Å². The quantitative estimate of drug-likeness (QED) is 0.629. The van der Waals surface area contributed by atoms with Crippen LogP contribution >= 0.6 is 11.6 Å². The summed E-state index contributed by atoms with van der Waals surface area (Å²) < 4.78 is 18.8. The van der Waals surface area contributed by atoms with Crippen molar-refractivity contribution < 1.29 is 13.9 Å². The van der Waals surface area contributed by atoms with E-state index in [4.69, 9.17) is 16.3 Å². The maximum Gasteiger partial charge on any atom is 0.220 e. The molecule has 1 N–H and O–H groups in total. The number of aryl methyl sites for hydroxylation is 1. The Bertz CT molecular complexity index is 919. The normalized spacial score (nSPS) is 10.4. The molecule has 3 rings (SSSR count). The van der Waals surface area contributed by atoms with Crippen LogP contribution in [0.3, 0.4) is 0 Å². The second-order valence-electron chi connectivity index (χ2n) is 5.94. The Morgan fingerprint density at radius 1 is 1.07 bits per heavy atom. The number of nitrogens with one attached hydrogen (secondary N) is 1. The van der Waals surface area contributed by atoms with Gasteiger partial charge in [0.2, 0.25) is 11.8 Å². The first-order valence-electron chi connectivity index (χ1n) is 8.48. The van der Waals surface area contributed by atoms with Gasteiger partial charge in [-0.1, -0.05) is 35.9 Å². The van der Waals surface area contributed by atoms with E-state index in [-0.39, 0.29) is 10.9 Å². The number of rotatable bonds is 7. The van der Waals surface area contributed by atoms with E-state index < -0.39 is 5.82 Å². The monoisotopic (exact) mass is 384 g/mol. The third-order valence-corrected chi connectivity index (χ3v) is 4.16. The van der Waals surface area contributed by atoms with Crippen LogP contribution in [0.2, 0.25) is 5.02 Å². The Labute approximate surface area is 162 Å². The molecule has 1 heterocycles. The van der Waals surface area contributed by atoms with Crippen molar-refractivity contribution in [3.63, 3.8) is 0 Å². The predicted molar refractivity (Wildman–Crippen MR) is 102 cm³/mol. The zero-order valence-corrected chi connectivity index (χ0v) is 15.2. The molecule has 0 bridgehead atoms. The summed E-state index contributed by atoms with van der Waals surface area (Å²) in [5.74, 6) is 0.613. The van der Waals surface area contributed by atoms with Crippen molar-refractivity contribution in [1.29, 1.82) is 0 Å². The third-order valence-electron chi connectivity index (χ3n) is 3.87. The first-order chi connectivity index (χ1) is 13.1. The van der Waals surface area contributed by atoms with Gasteiger partial charge in [0, 0.05) is 25.2 Å². The molecular weight excluding hydrogens is 367 g/mol. The first-order valence-corrected chi connectivity index (χ1v) is 8.86. The Morgan fingerprint density at radius 2 is 1.96 bits per heavy atom. The summed E-state index contributed by atoms with van der Waals surface area (Å²) in [7, 11) is 0. The van der Waals surface area contributed by atoms with Crippen LogP contribution in [0.4, 0.5) is 4.39 Å². The number of aromatic nitrogens is 1. The molecule has 1 aromatic heterocycles. The molecule has 0 atom stereocenters. The minimum atomic E-state index is -0.460. The maximum atomic E-state index is 13.2. The molecule has 4 nitrogen and oxygen atoms in total. The number of hydrogen-bond acceptors (Lipinski definition) is 3. The lowest BCUT2D eigenvalue weighted by Gasteiger charge is -2.08. The van der Waals surface area contributed by atoms with Gasteiger partial charge in [0.1, 0.15) is 11.6 Å². The molecule has 138 valence electrons. The number of pyridine rings is 1. The fourth-order valence-electron chi connectivity index (χ4n) is 2.49. The average molecular weight is 385 g/mol. The Morgan fingerprint density at radius 3 is 2.74 bits per heavy atom. The second kappa shape index (κ2) is 9.14. The lowest BCUT2D eigenvalue weighted by atomic mass is 10.1. The summed E-state index contributed by atoms with van der Waals surface area (Å²) in [6.07, 6.45) is 2.45. The second-order valence-corrected chi connectivity index (χ2v) is 6.35. The zero-order valence-electron chi connectivity index (χ0n) is 14.5. The van der Waals surface area contributed by atoms with E-state index in [9.17, 15) is 9.18 Å². The summed E-state index contributed by atoms with van der Waals surface area (Å²) in [6, 6.07) is 17.4. The molecule has 3 aromatic rings. The highest BCUT2D eigenvalue weighted by Gasteiger charge is 2.06. The van der Waals surface area contributed by atoms with Gasteiger partial charge in [0.25, 0.3) is 0 Å². The molecule has 1 amide bonds. The van der Waals surface area contributed by atoms with Crippen LogP contribution < -0.4 is 10.1 Å². The van der Waals surface area contributed by atoms with E-state index >= 15 is 0 Å². The van der Waals surface area contributed by atoms with Crippen LogP contribution in [0, 0.1) is 5.82 Å². The van der Waals surface area contributed by atoms with Gasteiger partial charge in [-0.2, -0.15) is 0 Å². The van der Waals surface area contributed by atoms with Gasteiger partial charge in [-0.05, 0) is 47.9 Å². The predicted octanol–water partition coefficient (Wildman–Crippen LogP) is 4.92. The van der Waals surface area contributed by atoms with Crippen LogP contribution in [-0.4, -0.2) is 10.9 Å². The van der Waals surface area contributed by atoms with E-state index in [1.165, 1.54) is 6.07 Å². The molecule has 0 unspecified atom stereocenters. The lowest BCUT2D eigenvalue weighted by molar-refractivity contribution is -0.121. The van der Waals surface area contributed by atoms with E-state index in [1.54, 1.807) is 24.4 Å². The Balaban J connectivity index is 1.49. The number of amides is 1. The van der Waals surface area contributed by atoms with E-state index in [0.717, 1.165) is 11.1 Å². The highest BCUT2D eigenvalue weighted by Crippen LogP contribution is 2.20. The van der Waals surface area contributed by atoms with Crippen molar-refractivity contribution in [2.24, 2.45) is 0 Å². The van der Waals surface area contributed by atoms with Gasteiger partial charge < -0.3 is 10.1 Å². The standard InChI is InChI=1S/C21H18ClFN2O2/c22-18-13-15(7-9-19(18)23)8-10-20(26)25-14-16-4-3-5-17(12-16)27-21-6-1-2-11-24-21/h1-7,9,11-13H,8,10,14H2,(H,25,26). The van der Waals surface area contributed by atoms with Crippen LogP contribution in [0.25, 0.3) is 0 Å². The number of ether oxygens (including phenoxy) is 1. The summed E-state index contributed by atoms with van der Waals surface area (Å²) >= 11 is 5.75. The molecule has 0 aliphatic carbocycles. The summed E-state index contributed by atoms with van der Waals surface area (Å²) in [4.78, 5) is 16.2. The smallest absolute Gasteiger partial charge is 0.220 e. The molecule has 0 saturated carbocycles. The maximum absolute atomic E-state index is 13.2. The highest BCUT2D eigenvalue weighted by atomic mass is 35.5. The Hall–Kier alpha value is -2.92. The van der Waals surface area contributed by atoms with Gasteiger partial charge >= 0.3 is 0 Å². The molecule has 0 fully saturated rings. The van der Waals surface area contributed by atoms with Crippen LogP contribution in [-0.2, 0) is 17.8 Å². The topological polar surface area (TPSA) is 51.2 Å².